The molecule has 1 atom stereocenters. The van der Waals surface area contributed by atoms with Crippen LogP contribution in [0, 0.1) is 32.1 Å². The summed E-state index contributed by atoms with van der Waals surface area (Å²) >= 11 is 0. The Morgan fingerprint density at radius 3 is 2.75 bits per heavy atom. The van der Waals surface area contributed by atoms with Crippen LogP contribution in [0.15, 0.2) is 18.2 Å². The smallest absolute Gasteiger partial charge is 0.272 e. The molecule has 24 heavy (non-hydrogen) atoms. The third-order valence-electron chi connectivity index (χ3n) is 4.50. The summed E-state index contributed by atoms with van der Waals surface area (Å²) in [6, 6.07) is 7.65. The maximum Gasteiger partial charge on any atom is 0.272 e. The van der Waals surface area contributed by atoms with E-state index in [9.17, 15) is 4.79 Å². The number of piperidine rings is 1. The molecule has 1 aliphatic heterocycles. The van der Waals surface area contributed by atoms with Gasteiger partial charge in [-0.2, -0.15) is 10.4 Å². The molecule has 3 heterocycles. The topological polar surface area (TPSA) is 74.8 Å². The van der Waals surface area contributed by atoms with Crippen LogP contribution in [0.1, 0.15) is 52.0 Å². The van der Waals surface area contributed by atoms with Crippen LogP contribution in [0.5, 0.6) is 0 Å². The summed E-state index contributed by atoms with van der Waals surface area (Å²) in [5.74, 6) is -0.0752. The fraction of sp³-hybridized carbons (Fsp3) is 0.444. The Bertz CT molecular complexity index is 817. The Labute approximate surface area is 141 Å². The number of nitriles is 1. The highest BCUT2D eigenvalue weighted by Gasteiger charge is 2.27. The summed E-state index contributed by atoms with van der Waals surface area (Å²) in [6.07, 6.45) is 1.97. The molecule has 3 rings (SSSR count). The summed E-state index contributed by atoms with van der Waals surface area (Å²) in [4.78, 5) is 18.9. The number of carbonyl (C=O) groups is 1. The highest BCUT2D eigenvalue weighted by molar-refractivity contribution is 5.92. The molecule has 0 unspecified atom stereocenters. The van der Waals surface area contributed by atoms with E-state index in [2.05, 4.69) is 22.2 Å². The average molecular weight is 323 g/mol. The average Bonchev–Trinajstić information content (AvgIpc) is 2.92. The molecule has 1 aliphatic rings. The Morgan fingerprint density at radius 2 is 2.12 bits per heavy atom. The lowest BCUT2D eigenvalue weighted by Gasteiger charge is -2.33. The van der Waals surface area contributed by atoms with Gasteiger partial charge in [-0.1, -0.05) is 0 Å². The van der Waals surface area contributed by atoms with Crippen molar-refractivity contribution in [3.63, 3.8) is 0 Å². The highest BCUT2D eigenvalue weighted by atomic mass is 16.2. The lowest BCUT2D eigenvalue weighted by Crippen LogP contribution is -2.41. The van der Waals surface area contributed by atoms with Crippen molar-refractivity contribution >= 4 is 5.91 Å². The van der Waals surface area contributed by atoms with E-state index in [0.29, 0.717) is 23.5 Å². The van der Waals surface area contributed by atoms with Gasteiger partial charge in [0.2, 0.25) is 0 Å². The van der Waals surface area contributed by atoms with Crippen molar-refractivity contribution in [2.45, 2.75) is 39.7 Å². The fourth-order valence-corrected chi connectivity index (χ4v) is 3.31. The minimum atomic E-state index is -0.0752. The Hall–Kier alpha value is -2.68. The van der Waals surface area contributed by atoms with Crippen molar-refractivity contribution in [2.24, 2.45) is 0 Å². The number of amides is 1. The largest absolute Gasteiger partial charge is 0.335 e. The van der Waals surface area contributed by atoms with E-state index >= 15 is 0 Å². The van der Waals surface area contributed by atoms with Gasteiger partial charge >= 0.3 is 0 Å². The lowest BCUT2D eigenvalue weighted by molar-refractivity contribution is 0.0665. The van der Waals surface area contributed by atoms with Gasteiger partial charge in [-0.05, 0) is 51.8 Å². The third-order valence-corrected chi connectivity index (χ3v) is 4.50. The molecule has 0 radical (unpaired) electrons. The molecule has 6 heteroatoms. The number of carbonyl (C=O) groups excluding carboxylic acids is 1. The van der Waals surface area contributed by atoms with Gasteiger partial charge < -0.3 is 4.90 Å². The van der Waals surface area contributed by atoms with Gasteiger partial charge in [0.1, 0.15) is 11.8 Å². The third kappa shape index (κ3) is 3.02. The maximum atomic E-state index is 12.8. The predicted molar refractivity (Wildman–Crippen MR) is 89.6 cm³/mol. The normalized spacial score (nSPS) is 17.6. The van der Waals surface area contributed by atoms with Gasteiger partial charge in [0, 0.05) is 18.8 Å². The van der Waals surface area contributed by atoms with E-state index in [1.54, 1.807) is 19.1 Å². The molecule has 0 aliphatic carbocycles. The summed E-state index contributed by atoms with van der Waals surface area (Å²) < 4.78 is 2.03. The van der Waals surface area contributed by atoms with Crippen molar-refractivity contribution in [3.8, 4) is 6.07 Å². The summed E-state index contributed by atoms with van der Waals surface area (Å²) in [6.45, 7) is 7.16. The second-order valence-electron chi connectivity index (χ2n) is 6.36. The van der Waals surface area contributed by atoms with Crippen LogP contribution in [0.2, 0.25) is 0 Å². The van der Waals surface area contributed by atoms with Gasteiger partial charge in [0.05, 0.1) is 23.0 Å². The summed E-state index contributed by atoms with van der Waals surface area (Å²) in [5, 5.41) is 13.6. The molecule has 1 amide bonds. The molecule has 6 nitrogen and oxygen atoms in total. The standard InChI is InChI=1S/C18H21N5O/c1-12-9-13(2)23(21-12)16-5-4-8-22(11-16)18(24)17-7-6-15(10-19)14(3)20-17/h6-7,9,16H,4-5,8,11H2,1-3H3/t16-/m0/s1. The number of nitrogens with zero attached hydrogens (tertiary/aromatic N) is 5. The van der Waals surface area contributed by atoms with Gasteiger partial charge in [0.25, 0.3) is 5.91 Å². The molecular weight excluding hydrogens is 302 g/mol. The molecule has 2 aromatic rings. The summed E-state index contributed by atoms with van der Waals surface area (Å²) in [7, 11) is 0. The van der Waals surface area contributed by atoms with Crippen LogP contribution < -0.4 is 0 Å². The van der Waals surface area contributed by atoms with E-state index in [0.717, 1.165) is 30.8 Å². The van der Waals surface area contributed by atoms with E-state index in [1.807, 2.05) is 23.4 Å². The molecule has 124 valence electrons. The minimum Gasteiger partial charge on any atom is -0.335 e. The molecule has 1 fully saturated rings. The molecule has 0 spiro atoms. The van der Waals surface area contributed by atoms with E-state index in [-0.39, 0.29) is 11.9 Å². The Kier molecular flexibility index (Phi) is 4.34. The first-order valence-corrected chi connectivity index (χ1v) is 8.19. The quantitative estimate of drug-likeness (QED) is 0.851. The van der Waals surface area contributed by atoms with E-state index in [4.69, 9.17) is 5.26 Å². The van der Waals surface area contributed by atoms with Crippen LogP contribution in [-0.2, 0) is 0 Å². The Balaban J connectivity index is 1.79. The van der Waals surface area contributed by atoms with Crippen molar-refractivity contribution in [3.05, 3.63) is 46.5 Å². The number of rotatable bonds is 2. The Morgan fingerprint density at radius 1 is 1.33 bits per heavy atom. The van der Waals surface area contributed by atoms with Crippen molar-refractivity contribution in [2.75, 3.05) is 13.1 Å². The highest BCUT2D eigenvalue weighted by Crippen LogP contribution is 2.24. The van der Waals surface area contributed by atoms with E-state index < -0.39 is 0 Å². The first-order chi connectivity index (χ1) is 11.5. The zero-order valence-electron chi connectivity index (χ0n) is 14.3. The zero-order valence-corrected chi connectivity index (χ0v) is 14.3. The predicted octanol–water partition coefficient (Wildman–Crippen LogP) is 2.55. The first-order valence-electron chi connectivity index (χ1n) is 8.19. The van der Waals surface area contributed by atoms with Crippen LogP contribution in [0.25, 0.3) is 0 Å². The van der Waals surface area contributed by atoms with E-state index in [1.165, 1.54) is 0 Å². The molecule has 1 saturated heterocycles. The van der Waals surface area contributed by atoms with Crippen LogP contribution in [0.4, 0.5) is 0 Å². The number of pyridine rings is 1. The second-order valence-corrected chi connectivity index (χ2v) is 6.36. The van der Waals surface area contributed by atoms with Crippen LogP contribution in [-0.4, -0.2) is 38.7 Å². The van der Waals surface area contributed by atoms with Crippen molar-refractivity contribution < 1.29 is 4.79 Å². The monoisotopic (exact) mass is 323 g/mol. The van der Waals surface area contributed by atoms with Gasteiger partial charge in [-0.15, -0.1) is 0 Å². The fourth-order valence-electron chi connectivity index (χ4n) is 3.31. The minimum absolute atomic E-state index is 0.0752. The zero-order chi connectivity index (χ0) is 17.3. The second kappa shape index (κ2) is 6.44. The number of hydrogen-bond donors (Lipinski definition) is 0. The molecule has 0 N–H and O–H groups in total. The molecule has 0 aromatic carbocycles. The number of aromatic nitrogens is 3. The van der Waals surface area contributed by atoms with Crippen molar-refractivity contribution in [1.82, 2.24) is 19.7 Å². The maximum absolute atomic E-state index is 12.8. The SMILES string of the molecule is Cc1cc(C)n([C@H]2CCCN(C(=O)c3ccc(C#N)c(C)n3)C2)n1. The molecular formula is C18H21N5O. The molecule has 2 aromatic heterocycles. The van der Waals surface area contributed by atoms with Gasteiger partial charge in [-0.3, -0.25) is 9.48 Å². The summed E-state index contributed by atoms with van der Waals surface area (Å²) in [5.41, 5.74) is 3.63. The van der Waals surface area contributed by atoms with Gasteiger partial charge in [-0.25, -0.2) is 4.98 Å². The van der Waals surface area contributed by atoms with Crippen LogP contribution >= 0.6 is 0 Å². The number of aryl methyl sites for hydroxylation is 3. The number of likely N-dealkylation sites (tertiary alicyclic amines) is 1. The molecule has 0 saturated carbocycles. The van der Waals surface area contributed by atoms with Crippen molar-refractivity contribution in [1.29, 1.82) is 5.26 Å². The lowest BCUT2D eigenvalue weighted by atomic mass is 10.0. The van der Waals surface area contributed by atoms with Crippen LogP contribution in [0.3, 0.4) is 0 Å². The first kappa shape index (κ1) is 16.2. The number of hydrogen-bond acceptors (Lipinski definition) is 4. The van der Waals surface area contributed by atoms with Gasteiger partial charge in [0.15, 0.2) is 0 Å². The molecule has 0 bridgehead atoms.